The molecule has 3 rings (SSSR count). The SMILES string of the molecule is Cc1n[nH]c(C)c1CNC(=O)c1cn(CC[C@H]2CCCCN2)nn1. The average Bonchev–Trinajstić information content (AvgIpc) is 3.19. The van der Waals surface area contributed by atoms with Crippen molar-refractivity contribution in [2.75, 3.05) is 6.54 Å². The molecule has 130 valence electrons. The molecule has 0 saturated carbocycles. The topological polar surface area (TPSA) is 101 Å². The van der Waals surface area contributed by atoms with Crippen molar-refractivity contribution in [1.29, 1.82) is 0 Å². The van der Waals surface area contributed by atoms with Gasteiger partial charge in [0.15, 0.2) is 5.69 Å². The molecule has 1 amide bonds. The number of nitrogens with zero attached hydrogens (tertiary/aromatic N) is 4. The molecule has 1 saturated heterocycles. The normalized spacial score (nSPS) is 17.8. The third-order valence-electron chi connectivity index (χ3n) is 4.60. The predicted molar refractivity (Wildman–Crippen MR) is 89.5 cm³/mol. The molecule has 1 atom stereocenters. The second kappa shape index (κ2) is 7.57. The Morgan fingerprint density at radius 3 is 3.00 bits per heavy atom. The fourth-order valence-electron chi connectivity index (χ4n) is 3.06. The molecule has 1 aliphatic heterocycles. The van der Waals surface area contributed by atoms with Crippen LogP contribution in [-0.4, -0.2) is 43.7 Å². The van der Waals surface area contributed by atoms with E-state index in [4.69, 9.17) is 0 Å². The van der Waals surface area contributed by atoms with Gasteiger partial charge in [-0.3, -0.25) is 14.6 Å². The Morgan fingerprint density at radius 2 is 2.29 bits per heavy atom. The number of carbonyl (C=O) groups is 1. The van der Waals surface area contributed by atoms with Crippen LogP contribution in [0.5, 0.6) is 0 Å². The zero-order valence-electron chi connectivity index (χ0n) is 14.3. The molecule has 0 aliphatic carbocycles. The van der Waals surface area contributed by atoms with Gasteiger partial charge in [-0.1, -0.05) is 11.6 Å². The first-order valence-corrected chi connectivity index (χ1v) is 8.55. The van der Waals surface area contributed by atoms with E-state index in [1.54, 1.807) is 10.9 Å². The fraction of sp³-hybridized carbons (Fsp3) is 0.625. The Hall–Kier alpha value is -2.22. The molecule has 3 heterocycles. The van der Waals surface area contributed by atoms with Crippen LogP contribution in [0.3, 0.4) is 0 Å². The maximum atomic E-state index is 12.2. The van der Waals surface area contributed by atoms with Crippen LogP contribution >= 0.6 is 0 Å². The first-order valence-electron chi connectivity index (χ1n) is 8.55. The molecule has 1 fully saturated rings. The molecule has 2 aromatic heterocycles. The highest BCUT2D eigenvalue weighted by molar-refractivity contribution is 5.91. The maximum absolute atomic E-state index is 12.2. The van der Waals surface area contributed by atoms with E-state index in [2.05, 4.69) is 31.1 Å². The van der Waals surface area contributed by atoms with E-state index in [-0.39, 0.29) is 5.91 Å². The number of H-pyrrole nitrogens is 1. The molecule has 3 N–H and O–H groups in total. The number of aryl methyl sites for hydroxylation is 3. The van der Waals surface area contributed by atoms with Gasteiger partial charge >= 0.3 is 0 Å². The Bertz CT molecular complexity index is 665. The average molecular weight is 331 g/mol. The minimum atomic E-state index is -0.211. The zero-order valence-corrected chi connectivity index (χ0v) is 14.3. The monoisotopic (exact) mass is 331 g/mol. The largest absolute Gasteiger partial charge is 0.346 e. The summed E-state index contributed by atoms with van der Waals surface area (Å²) >= 11 is 0. The van der Waals surface area contributed by atoms with Crippen LogP contribution in [0.25, 0.3) is 0 Å². The summed E-state index contributed by atoms with van der Waals surface area (Å²) in [7, 11) is 0. The van der Waals surface area contributed by atoms with Crippen molar-refractivity contribution >= 4 is 5.91 Å². The van der Waals surface area contributed by atoms with Crippen molar-refractivity contribution in [3.05, 3.63) is 28.8 Å². The van der Waals surface area contributed by atoms with Crippen LogP contribution in [0.2, 0.25) is 0 Å². The molecular weight excluding hydrogens is 306 g/mol. The summed E-state index contributed by atoms with van der Waals surface area (Å²) < 4.78 is 1.75. The number of piperidine rings is 1. The summed E-state index contributed by atoms with van der Waals surface area (Å²) in [4.78, 5) is 12.2. The molecule has 0 spiro atoms. The molecule has 8 nitrogen and oxygen atoms in total. The predicted octanol–water partition coefficient (Wildman–Crippen LogP) is 1.08. The summed E-state index contributed by atoms with van der Waals surface area (Å²) in [6, 6.07) is 0.548. The minimum Gasteiger partial charge on any atom is -0.346 e. The van der Waals surface area contributed by atoms with Gasteiger partial charge < -0.3 is 10.6 Å². The van der Waals surface area contributed by atoms with E-state index in [9.17, 15) is 4.79 Å². The van der Waals surface area contributed by atoms with Crippen LogP contribution in [0.15, 0.2) is 6.20 Å². The van der Waals surface area contributed by atoms with Crippen molar-refractivity contribution in [3.8, 4) is 0 Å². The second-order valence-corrected chi connectivity index (χ2v) is 6.40. The molecule has 0 aromatic carbocycles. The van der Waals surface area contributed by atoms with Gasteiger partial charge in [-0.05, 0) is 39.7 Å². The molecule has 24 heavy (non-hydrogen) atoms. The van der Waals surface area contributed by atoms with E-state index >= 15 is 0 Å². The third-order valence-corrected chi connectivity index (χ3v) is 4.60. The number of aromatic nitrogens is 5. The quantitative estimate of drug-likeness (QED) is 0.735. The number of rotatable bonds is 6. The van der Waals surface area contributed by atoms with E-state index in [1.807, 2.05) is 13.8 Å². The molecule has 1 aliphatic rings. The van der Waals surface area contributed by atoms with Crippen molar-refractivity contribution in [2.24, 2.45) is 0 Å². The third kappa shape index (κ3) is 4.00. The summed E-state index contributed by atoms with van der Waals surface area (Å²) in [6.45, 7) is 6.17. The number of aromatic amines is 1. The van der Waals surface area contributed by atoms with Gasteiger partial charge in [-0.25, -0.2) is 0 Å². The maximum Gasteiger partial charge on any atom is 0.273 e. The van der Waals surface area contributed by atoms with Crippen LogP contribution in [-0.2, 0) is 13.1 Å². The van der Waals surface area contributed by atoms with Gasteiger partial charge in [0.1, 0.15) is 0 Å². The smallest absolute Gasteiger partial charge is 0.273 e. The summed E-state index contributed by atoms with van der Waals surface area (Å²) in [5.41, 5.74) is 3.23. The van der Waals surface area contributed by atoms with E-state index in [1.165, 1.54) is 19.3 Å². The lowest BCUT2D eigenvalue weighted by Gasteiger charge is -2.23. The first kappa shape index (κ1) is 16.6. The fourth-order valence-corrected chi connectivity index (χ4v) is 3.06. The van der Waals surface area contributed by atoms with Crippen LogP contribution in [0.1, 0.15) is 53.1 Å². The number of hydrogen-bond donors (Lipinski definition) is 3. The Labute approximate surface area is 141 Å². The second-order valence-electron chi connectivity index (χ2n) is 6.40. The number of hydrogen-bond acceptors (Lipinski definition) is 5. The Kier molecular flexibility index (Phi) is 5.24. The zero-order chi connectivity index (χ0) is 16.9. The van der Waals surface area contributed by atoms with E-state index in [0.717, 1.165) is 36.5 Å². The van der Waals surface area contributed by atoms with Crippen molar-refractivity contribution < 1.29 is 4.79 Å². The molecule has 2 aromatic rings. The van der Waals surface area contributed by atoms with Crippen LogP contribution in [0, 0.1) is 13.8 Å². The Balaban J connectivity index is 1.50. The van der Waals surface area contributed by atoms with Gasteiger partial charge in [0.25, 0.3) is 5.91 Å². The molecular formula is C16H25N7O. The number of nitrogens with one attached hydrogen (secondary N) is 3. The van der Waals surface area contributed by atoms with Gasteiger partial charge in [-0.15, -0.1) is 5.10 Å². The van der Waals surface area contributed by atoms with Crippen LogP contribution in [0.4, 0.5) is 0 Å². The van der Waals surface area contributed by atoms with Gasteiger partial charge in [-0.2, -0.15) is 5.10 Å². The highest BCUT2D eigenvalue weighted by Gasteiger charge is 2.15. The Morgan fingerprint density at radius 1 is 1.42 bits per heavy atom. The molecule has 0 radical (unpaired) electrons. The van der Waals surface area contributed by atoms with Crippen molar-refractivity contribution in [1.82, 2.24) is 35.8 Å². The summed E-state index contributed by atoms with van der Waals surface area (Å²) in [6.07, 6.45) is 6.49. The lowest BCUT2D eigenvalue weighted by molar-refractivity contribution is 0.0945. The van der Waals surface area contributed by atoms with E-state index in [0.29, 0.717) is 18.3 Å². The number of carbonyl (C=O) groups excluding carboxylic acids is 1. The minimum absolute atomic E-state index is 0.211. The lowest BCUT2D eigenvalue weighted by Crippen LogP contribution is -2.34. The van der Waals surface area contributed by atoms with Gasteiger partial charge in [0.2, 0.25) is 0 Å². The van der Waals surface area contributed by atoms with E-state index < -0.39 is 0 Å². The van der Waals surface area contributed by atoms with Gasteiger partial charge in [0, 0.05) is 30.4 Å². The van der Waals surface area contributed by atoms with Crippen LogP contribution < -0.4 is 10.6 Å². The van der Waals surface area contributed by atoms with Crippen molar-refractivity contribution in [3.63, 3.8) is 0 Å². The first-order chi connectivity index (χ1) is 11.6. The molecule has 0 bridgehead atoms. The summed E-state index contributed by atoms with van der Waals surface area (Å²) in [5, 5.41) is 21.5. The summed E-state index contributed by atoms with van der Waals surface area (Å²) in [5.74, 6) is -0.211. The molecule has 0 unspecified atom stereocenters. The van der Waals surface area contributed by atoms with Gasteiger partial charge in [0.05, 0.1) is 11.9 Å². The molecule has 8 heteroatoms. The number of amides is 1. The highest BCUT2D eigenvalue weighted by atomic mass is 16.2. The highest BCUT2D eigenvalue weighted by Crippen LogP contribution is 2.11. The van der Waals surface area contributed by atoms with Crippen molar-refractivity contribution in [2.45, 2.75) is 58.7 Å². The lowest BCUT2D eigenvalue weighted by atomic mass is 10.0. The standard InChI is InChI=1S/C16H25N7O/c1-11-14(12(2)20-19-11)9-18-16(24)15-10-23(22-21-15)8-6-13-5-3-4-7-17-13/h10,13,17H,3-9H2,1-2H3,(H,18,24)(H,19,20)/t13-/m1/s1.